The summed E-state index contributed by atoms with van der Waals surface area (Å²) in [5.74, 6) is 3.14. The molecule has 1 fully saturated rings. The Hall–Kier alpha value is -3.60. The van der Waals surface area contributed by atoms with Crippen LogP contribution in [0.15, 0.2) is 72.8 Å². The number of hydrogen-bond donors (Lipinski definition) is 0. The lowest BCUT2D eigenvalue weighted by atomic mass is 9.73. The van der Waals surface area contributed by atoms with Gasteiger partial charge in [-0.15, -0.1) is 0 Å². The van der Waals surface area contributed by atoms with E-state index in [9.17, 15) is 9.59 Å². The van der Waals surface area contributed by atoms with Gasteiger partial charge < -0.3 is 14.2 Å². The van der Waals surface area contributed by atoms with Crippen molar-refractivity contribution in [3.63, 3.8) is 0 Å². The summed E-state index contributed by atoms with van der Waals surface area (Å²) in [6.07, 6.45) is 10.6. The molecule has 6 atom stereocenters. The molecule has 3 aromatic rings. The summed E-state index contributed by atoms with van der Waals surface area (Å²) in [5, 5.41) is 0. The minimum Gasteiger partial charge on any atom is -0.482 e. The van der Waals surface area contributed by atoms with Crippen molar-refractivity contribution in [2.75, 3.05) is 6.61 Å². The zero-order valence-corrected chi connectivity index (χ0v) is 30.5. The third-order valence-electron chi connectivity index (χ3n) is 11.0. The van der Waals surface area contributed by atoms with Gasteiger partial charge in [-0.2, -0.15) is 0 Å². The second-order valence-electron chi connectivity index (χ2n) is 15.2. The molecule has 5 heteroatoms. The second-order valence-corrected chi connectivity index (χ2v) is 15.2. The third kappa shape index (κ3) is 10.2. The third-order valence-corrected chi connectivity index (χ3v) is 11.0. The van der Waals surface area contributed by atoms with Crippen molar-refractivity contribution >= 4 is 11.9 Å². The first kappa shape index (κ1) is 36.7. The lowest BCUT2D eigenvalue weighted by Gasteiger charge is -2.33. The quantitative estimate of drug-likeness (QED) is 0.106. The molecule has 0 saturated heterocycles. The first-order valence-electron chi connectivity index (χ1n) is 18.9. The van der Waals surface area contributed by atoms with E-state index in [1.165, 1.54) is 23.1 Å². The molecule has 5 rings (SSSR count). The van der Waals surface area contributed by atoms with Gasteiger partial charge in [-0.3, -0.25) is 4.79 Å². The topological polar surface area (TPSA) is 61.8 Å². The predicted octanol–water partition coefficient (Wildman–Crippen LogP) is 10.1. The fourth-order valence-corrected chi connectivity index (χ4v) is 8.33. The molecule has 0 heterocycles. The van der Waals surface area contributed by atoms with Crippen molar-refractivity contribution in [1.82, 2.24) is 0 Å². The molecule has 2 aliphatic rings. The van der Waals surface area contributed by atoms with Gasteiger partial charge in [0.25, 0.3) is 0 Å². The highest BCUT2D eigenvalue weighted by Gasteiger charge is 2.44. The molecule has 5 nitrogen and oxygen atoms in total. The Morgan fingerprint density at radius 3 is 2.37 bits per heavy atom. The SMILES string of the molecule is CCCCC[C@@H](CC[C@@H]1[C@H]2Cc3cccc(OCC(=O)OCc4ccccc4)c3C[C@H]2C[C@H]1C)OC(=O)C(C)c1ccc(CC(C)C)cc1. The van der Waals surface area contributed by atoms with Gasteiger partial charge in [-0.1, -0.05) is 107 Å². The van der Waals surface area contributed by atoms with Gasteiger partial charge in [0.05, 0.1) is 5.92 Å². The van der Waals surface area contributed by atoms with E-state index >= 15 is 0 Å². The second kappa shape index (κ2) is 17.9. The lowest BCUT2D eigenvalue weighted by molar-refractivity contribution is -0.151. The number of carbonyl (C=O) groups is 2. The van der Waals surface area contributed by atoms with Gasteiger partial charge in [0, 0.05) is 0 Å². The summed E-state index contributed by atoms with van der Waals surface area (Å²) < 4.78 is 17.8. The van der Waals surface area contributed by atoms with Crippen molar-refractivity contribution in [3.8, 4) is 5.75 Å². The van der Waals surface area contributed by atoms with Crippen molar-refractivity contribution in [3.05, 3.63) is 101 Å². The molecule has 0 bridgehead atoms. The van der Waals surface area contributed by atoms with Crippen molar-refractivity contribution in [2.45, 2.75) is 117 Å². The Labute approximate surface area is 295 Å². The van der Waals surface area contributed by atoms with Gasteiger partial charge in [-0.05, 0) is 122 Å². The molecule has 0 amide bonds. The van der Waals surface area contributed by atoms with E-state index in [0.29, 0.717) is 29.6 Å². The number of esters is 2. The number of benzene rings is 3. The highest BCUT2D eigenvalue weighted by Crippen LogP contribution is 2.51. The minimum absolute atomic E-state index is 0.0366. The summed E-state index contributed by atoms with van der Waals surface area (Å²) in [7, 11) is 0. The number of hydrogen-bond acceptors (Lipinski definition) is 5. The van der Waals surface area contributed by atoms with Gasteiger partial charge in [0.15, 0.2) is 6.61 Å². The summed E-state index contributed by atoms with van der Waals surface area (Å²) in [6.45, 7) is 11.2. The highest BCUT2D eigenvalue weighted by atomic mass is 16.6. The number of unbranched alkanes of at least 4 members (excludes halogenated alkanes) is 2. The molecule has 0 radical (unpaired) electrons. The van der Waals surface area contributed by atoms with Crippen LogP contribution in [0.3, 0.4) is 0 Å². The lowest BCUT2D eigenvalue weighted by Crippen LogP contribution is -2.28. The van der Waals surface area contributed by atoms with E-state index in [-0.39, 0.29) is 37.2 Å². The summed E-state index contributed by atoms with van der Waals surface area (Å²) in [6, 6.07) is 24.5. The summed E-state index contributed by atoms with van der Waals surface area (Å²) in [5.41, 5.74) is 5.91. The molecule has 0 N–H and O–H groups in total. The van der Waals surface area contributed by atoms with Gasteiger partial charge in [0.2, 0.25) is 0 Å². The van der Waals surface area contributed by atoms with E-state index in [2.05, 4.69) is 64.1 Å². The minimum atomic E-state index is -0.354. The van der Waals surface area contributed by atoms with Gasteiger partial charge in [0.1, 0.15) is 18.5 Å². The average Bonchev–Trinajstić information content (AvgIpc) is 3.41. The van der Waals surface area contributed by atoms with Gasteiger partial charge >= 0.3 is 11.9 Å². The molecule has 0 aromatic heterocycles. The Morgan fingerprint density at radius 1 is 0.857 bits per heavy atom. The number of ether oxygens (including phenoxy) is 3. The predicted molar refractivity (Wildman–Crippen MR) is 196 cm³/mol. The Bertz CT molecular complexity index is 1480. The molecule has 0 aliphatic heterocycles. The fraction of sp³-hybridized carbons (Fsp3) is 0.545. The molecule has 264 valence electrons. The zero-order chi connectivity index (χ0) is 34.8. The fourth-order valence-electron chi connectivity index (χ4n) is 8.33. The molecule has 3 aromatic carbocycles. The molecule has 1 saturated carbocycles. The highest BCUT2D eigenvalue weighted by molar-refractivity contribution is 5.77. The number of fused-ring (bicyclic) bond motifs is 2. The maximum absolute atomic E-state index is 13.4. The van der Waals surface area contributed by atoms with Crippen LogP contribution < -0.4 is 4.74 Å². The van der Waals surface area contributed by atoms with E-state index in [0.717, 1.165) is 74.7 Å². The summed E-state index contributed by atoms with van der Waals surface area (Å²) in [4.78, 5) is 25.9. The standard InChI is InChI=1S/C44H58O5/c1-6-7-9-16-38(49-44(46)32(5)35-20-18-33(19-21-35)24-30(2)3)22-23-39-31(4)25-37-27-41-36(26-40(37)39)15-12-17-42(41)47-29-43(45)48-28-34-13-10-8-11-14-34/h8,10-15,17-21,30-32,37-40H,6-7,9,16,22-29H2,1-5H3/t31-,32?,37-,38+,39+,40+/m1/s1. The Balaban J connectivity index is 1.17. The molecule has 1 unspecified atom stereocenters. The zero-order valence-electron chi connectivity index (χ0n) is 30.5. The van der Waals surface area contributed by atoms with Crippen LogP contribution in [0.25, 0.3) is 0 Å². The smallest absolute Gasteiger partial charge is 0.344 e. The first-order valence-corrected chi connectivity index (χ1v) is 18.9. The van der Waals surface area contributed by atoms with Crippen LogP contribution in [-0.4, -0.2) is 24.6 Å². The summed E-state index contributed by atoms with van der Waals surface area (Å²) >= 11 is 0. The largest absolute Gasteiger partial charge is 0.482 e. The van der Waals surface area contributed by atoms with Crippen LogP contribution in [0.4, 0.5) is 0 Å². The van der Waals surface area contributed by atoms with Crippen LogP contribution >= 0.6 is 0 Å². The normalized spacial score (nSPS) is 21.0. The average molecular weight is 667 g/mol. The maximum Gasteiger partial charge on any atom is 0.344 e. The van der Waals surface area contributed by atoms with Crippen LogP contribution in [-0.2, 0) is 44.9 Å². The van der Waals surface area contributed by atoms with Crippen LogP contribution in [0, 0.1) is 29.6 Å². The maximum atomic E-state index is 13.4. The number of carbonyl (C=O) groups excluding carboxylic acids is 2. The van der Waals surface area contributed by atoms with E-state index in [4.69, 9.17) is 14.2 Å². The molecule has 49 heavy (non-hydrogen) atoms. The number of rotatable bonds is 17. The van der Waals surface area contributed by atoms with Crippen molar-refractivity contribution < 1.29 is 23.8 Å². The Kier molecular flexibility index (Phi) is 13.4. The molecule has 2 aliphatic carbocycles. The van der Waals surface area contributed by atoms with Crippen LogP contribution in [0.5, 0.6) is 5.75 Å². The van der Waals surface area contributed by atoms with E-state index < -0.39 is 0 Å². The molecular formula is C44H58O5. The Morgan fingerprint density at radius 2 is 1.63 bits per heavy atom. The van der Waals surface area contributed by atoms with E-state index in [1.807, 2.05) is 43.3 Å². The first-order chi connectivity index (χ1) is 23.7. The van der Waals surface area contributed by atoms with E-state index in [1.54, 1.807) is 0 Å². The monoisotopic (exact) mass is 666 g/mol. The molecule has 0 spiro atoms. The van der Waals surface area contributed by atoms with Crippen molar-refractivity contribution in [1.29, 1.82) is 0 Å². The molecular weight excluding hydrogens is 608 g/mol. The van der Waals surface area contributed by atoms with Crippen LogP contribution in [0.2, 0.25) is 0 Å². The van der Waals surface area contributed by atoms with Crippen molar-refractivity contribution in [2.24, 2.45) is 29.6 Å². The van der Waals surface area contributed by atoms with Crippen LogP contribution in [0.1, 0.15) is 113 Å². The van der Waals surface area contributed by atoms with Gasteiger partial charge in [-0.25, -0.2) is 4.79 Å².